The van der Waals surface area contributed by atoms with Gasteiger partial charge < -0.3 is 15.2 Å². The van der Waals surface area contributed by atoms with Gasteiger partial charge in [0.15, 0.2) is 0 Å². The highest BCUT2D eigenvalue weighted by Gasteiger charge is 2.24. The number of rotatable bonds is 6. The van der Waals surface area contributed by atoms with Gasteiger partial charge >= 0.3 is 12.1 Å². The molecule has 0 saturated carbocycles. The zero-order valence-electron chi connectivity index (χ0n) is 12.0. The van der Waals surface area contributed by atoms with Crippen molar-refractivity contribution < 1.29 is 19.4 Å². The van der Waals surface area contributed by atoms with Gasteiger partial charge in [-0.15, -0.1) is 11.3 Å². The standard InChI is InChI=1S/C13H20N2O4S/c1-7(2)10(12(16)17)15-13(18)19-6-9-5-14-11(20-9)8(3)4/h5,7-8,10H,6H2,1-4H3,(H,15,18)(H,16,17). The van der Waals surface area contributed by atoms with Gasteiger partial charge in [-0.2, -0.15) is 0 Å². The Morgan fingerprint density at radius 2 is 2.05 bits per heavy atom. The van der Waals surface area contributed by atoms with Gasteiger partial charge in [-0.05, 0) is 5.92 Å². The van der Waals surface area contributed by atoms with Crippen LogP contribution in [0.15, 0.2) is 6.20 Å². The number of nitrogens with one attached hydrogen (secondary N) is 1. The molecular weight excluding hydrogens is 280 g/mol. The lowest BCUT2D eigenvalue weighted by Crippen LogP contribution is -2.44. The Morgan fingerprint density at radius 3 is 2.50 bits per heavy atom. The van der Waals surface area contributed by atoms with Gasteiger partial charge in [0.2, 0.25) is 0 Å². The van der Waals surface area contributed by atoms with Crippen molar-refractivity contribution in [3.05, 3.63) is 16.1 Å². The number of ether oxygens (including phenoxy) is 1. The summed E-state index contributed by atoms with van der Waals surface area (Å²) in [5.74, 6) is -0.951. The maximum Gasteiger partial charge on any atom is 0.408 e. The van der Waals surface area contributed by atoms with Crippen LogP contribution in [0.3, 0.4) is 0 Å². The molecule has 1 amide bonds. The second kappa shape index (κ2) is 7.23. The Morgan fingerprint density at radius 1 is 1.40 bits per heavy atom. The first-order valence-corrected chi connectivity index (χ1v) is 7.23. The second-order valence-corrected chi connectivity index (χ2v) is 6.25. The van der Waals surface area contributed by atoms with Crippen LogP contribution in [0.4, 0.5) is 4.79 Å². The number of carboxylic acid groups (broad SMARTS) is 1. The molecule has 0 aliphatic carbocycles. The molecule has 0 fully saturated rings. The van der Waals surface area contributed by atoms with E-state index in [0.29, 0.717) is 5.92 Å². The van der Waals surface area contributed by atoms with Crippen molar-refractivity contribution in [3.8, 4) is 0 Å². The smallest absolute Gasteiger partial charge is 0.408 e. The fourth-order valence-electron chi connectivity index (χ4n) is 1.48. The molecular formula is C13H20N2O4S. The molecule has 0 aliphatic heterocycles. The van der Waals surface area contributed by atoms with Crippen molar-refractivity contribution in [2.45, 2.75) is 46.3 Å². The number of carbonyl (C=O) groups excluding carboxylic acids is 1. The van der Waals surface area contributed by atoms with Crippen molar-refractivity contribution >= 4 is 23.4 Å². The number of aromatic nitrogens is 1. The van der Waals surface area contributed by atoms with Crippen LogP contribution < -0.4 is 5.32 Å². The number of alkyl carbamates (subject to hydrolysis) is 1. The maximum atomic E-state index is 11.6. The Labute approximate surface area is 122 Å². The summed E-state index contributed by atoms with van der Waals surface area (Å²) in [6.07, 6.45) is 0.940. The summed E-state index contributed by atoms with van der Waals surface area (Å²) < 4.78 is 5.01. The van der Waals surface area contributed by atoms with E-state index in [1.807, 2.05) is 13.8 Å². The molecule has 112 valence electrons. The van der Waals surface area contributed by atoms with Gasteiger partial charge in [0.25, 0.3) is 0 Å². The largest absolute Gasteiger partial charge is 0.480 e. The molecule has 1 aromatic heterocycles. The van der Waals surface area contributed by atoms with Gasteiger partial charge in [-0.1, -0.05) is 27.7 Å². The Bertz CT molecular complexity index is 471. The summed E-state index contributed by atoms with van der Waals surface area (Å²) in [5.41, 5.74) is 0. The first-order valence-electron chi connectivity index (χ1n) is 6.42. The Hall–Kier alpha value is -1.63. The van der Waals surface area contributed by atoms with E-state index in [4.69, 9.17) is 9.84 Å². The van der Waals surface area contributed by atoms with E-state index in [1.165, 1.54) is 11.3 Å². The molecule has 0 spiro atoms. The number of aliphatic carboxylic acids is 1. The third-order valence-electron chi connectivity index (χ3n) is 2.62. The van der Waals surface area contributed by atoms with Crippen LogP contribution in [0.1, 0.15) is 43.5 Å². The SMILES string of the molecule is CC(C)c1ncc(COC(=O)NC(C(=O)O)C(C)C)s1. The fourth-order valence-corrected chi connectivity index (χ4v) is 2.31. The van der Waals surface area contributed by atoms with E-state index in [9.17, 15) is 9.59 Å². The van der Waals surface area contributed by atoms with Crippen LogP contribution in [0, 0.1) is 5.92 Å². The summed E-state index contributed by atoms with van der Waals surface area (Å²) in [4.78, 5) is 27.6. The number of thiazole rings is 1. The number of amides is 1. The summed E-state index contributed by atoms with van der Waals surface area (Å²) >= 11 is 1.48. The molecule has 0 radical (unpaired) electrons. The molecule has 1 heterocycles. The topological polar surface area (TPSA) is 88.5 Å². The average molecular weight is 300 g/mol. The molecule has 1 atom stereocenters. The molecule has 20 heavy (non-hydrogen) atoms. The van der Waals surface area contributed by atoms with Gasteiger partial charge in [0, 0.05) is 12.1 Å². The lowest BCUT2D eigenvalue weighted by Gasteiger charge is -2.17. The molecule has 0 aromatic carbocycles. The number of hydrogen-bond donors (Lipinski definition) is 2. The van der Waals surface area contributed by atoms with Crippen LogP contribution in [-0.2, 0) is 16.1 Å². The highest BCUT2D eigenvalue weighted by atomic mass is 32.1. The maximum absolute atomic E-state index is 11.6. The fraction of sp³-hybridized carbons (Fsp3) is 0.615. The molecule has 0 aliphatic rings. The third kappa shape index (κ3) is 4.80. The van der Waals surface area contributed by atoms with Crippen LogP contribution in [0.5, 0.6) is 0 Å². The van der Waals surface area contributed by atoms with Gasteiger partial charge in [-0.3, -0.25) is 0 Å². The summed E-state index contributed by atoms with van der Waals surface area (Å²) in [6.45, 7) is 7.61. The lowest BCUT2D eigenvalue weighted by molar-refractivity contribution is -0.140. The zero-order chi connectivity index (χ0) is 15.3. The van der Waals surface area contributed by atoms with Crippen LogP contribution in [0.2, 0.25) is 0 Å². The van der Waals surface area contributed by atoms with Crippen molar-refractivity contribution in [2.24, 2.45) is 5.92 Å². The molecule has 1 aromatic rings. The van der Waals surface area contributed by atoms with E-state index in [1.54, 1.807) is 20.0 Å². The number of carboxylic acids is 1. The Balaban J connectivity index is 2.48. The van der Waals surface area contributed by atoms with Crippen LogP contribution >= 0.6 is 11.3 Å². The lowest BCUT2D eigenvalue weighted by atomic mass is 10.1. The van der Waals surface area contributed by atoms with Gasteiger partial charge in [-0.25, -0.2) is 14.6 Å². The zero-order valence-corrected chi connectivity index (χ0v) is 12.9. The van der Waals surface area contributed by atoms with E-state index in [-0.39, 0.29) is 12.5 Å². The van der Waals surface area contributed by atoms with E-state index >= 15 is 0 Å². The van der Waals surface area contributed by atoms with Crippen LogP contribution in [-0.4, -0.2) is 28.2 Å². The molecule has 1 unspecified atom stereocenters. The van der Waals surface area contributed by atoms with Crippen molar-refractivity contribution in [2.75, 3.05) is 0 Å². The number of carbonyl (C=O) groups is 2. The monoisotopic (exact) mass is 300 g/mol. The van der Waals surface area contributed by atoms with Crippen molar-refractivity contribution in [3.63, 3.8) is 0 Å². The molecule has 2 N–H and O–H groups in total. The van der Waals surface area contributed by atoms with Gasteiger partial charge in [0.05, 0.1) is 9.88 Å². The highest BCUT2D eigenvalue weighted by Crippen LogP contribution is 2.21. The van der Waals surface area contributed by atoms with Crippen molar-refractivity contribution in [1.29, 1.82) is 0 Å². The molecule has 1 rings (SSSR count). The predicted octanol–water partition coefficient (Wildman–Crippen LogP) is 2.60. The predicted molar refractivity (Wildman–Crippen MR) is 75.8 cm³/mol. The minimum Gasteiger partial charge on any atom is -0.480 e. The average Bonchev–Trinajstić information content (AvgIpc) is 2.81. The van der Waals surface area contributed by atoms with E-state index in [0.717, 1.165) is 9.88 Å². The highest BCUT2D eigenvalue weighted by molar-refractivity contribution is 7.11. The molecule has 7 heteroatoms. The minimum atomic E-state index is -1.07. The van der Waals surface area contributed by atoms with Crippen molar-refractivity contribution in [1.82, 2.24) is 10.3 Å². The second-order valence-electron chi connectivity index (χ2n) is 5.10. The first kappa shape index (κ1) is 16.4. The normalized spacial score (nSPS) is 12.5. The quantitative estimate of drug-likeness (QED) is 0.843. The molecule has 0 saturated heterocycles. The van der Waals surface area contributed by atoms with E-state index < -0.39 is 18.1 Å². The van der Waals surface area contributed by atoms with Gasteiger partial charge in [0.1, 0.15) is 12.6 Å². The number of nitrogens with zero attached hydrogens (tertiary/aromatic N) is 1. The summed E-state index contributed by atoms with van der Waals surface area (Å²) in [5, 5.41) is 12.3. The minimum absolute atomic E-state index is 0.0979. The number of hydrogen-bond acceptors (Lipinski definition) is 5. The summed E-state index contributed by atoms with van der Waals surface area (Å²) in [6, 6.07) is -0.949. The molecule has 6 nitrogen and oxygen atoms in total. The Kier molecular flexibility index (Phi) is 5.94. The first-order chi connectivity index (χ1) is 9.31. The molecule has 0 bridgehead atoms. The third-order valence-corrected chi connectivity index (χ3v) is 3.89. The summed E-state index contributed by atoms with van der Waals surface area (Å²) in [7, 11) is 0. The van der Waals surface area contributed by atoms with E-state index in [2.05, 4.69) is 10.3 Å². The van der Waals surface area contributed by atoms with Crippen LogP contribution in [0.25, 0.3) is 0 Å².